The molecule has 182 valence electrons. The topological polar surface area (TPSA) is 36.3 Å². The molecule has 3 aromatic carbocycles. The maximum Gasteiger partial charge on any atom is 0.173 e. The van der Waals surface area contributed by atoms with Crippen LogP contribution in [0, 0.1) is 11.6 Å². The van der Waals surface area contributed by atoms with Gasteiger partial charge in [0.05, 0.1) is 26.1 Å². The molecule has 0 aliphatic rings. The van der Waals surface area contributed by atoms with Gasteiger partial charge in [-0.15, -0.1) is 0 Å². The van der Waals surface area contributed by atoms with E-state index < -0.39 is 5.41 Å². The van der Waals surface area contributed by atoms with E-state index in [1.807, 2.05) is 29.0 Å². The fourth-order valence-corrected chi connectivity index (χ4v) is 5.18. The molecule has 0 bridgehead atoms. The van der Waals surface area contributed by atoms with Crippen LogP contribution in [0.25, 0.3) is 5.69 Å². The van der Waals surface area contributed by atoms with Gasteiger partial charge in [-0.05, 0) is 59.7 Å². The predicted octanol–water partition coefficient (Wildman–Crippen LogP) is 7.44. The first-order valence-corrected chi connectivity index (χ1v) is 12.2. The molecular weight excluding hydrogens is 490 g/mol. The van der Waals surface area contributed by atoms with E-state index in [-0.39, 0.29) is 11.6 Å². The van der Waals surface area contributed by atoms with E-state index in [4.69, 9.17) is 26.1 Å². The van der Waals surface area contributed by atoms with Crippen LogP contribution in [-0.4, -0.2) is 23.8 Å². The van der Waals surface area contributed by atoms with E-state index in [0.717, 1.165) is 22.5 Å². The van der Waals surface area contributed by atoms with Crippen molar-refractivity contribution in [3.63, 3.8) is 0 Å². The molecule has 0 spiro atoms. The molecule has 0 aliphatic heterocycles. The van der Waals surface area contributed by atoms with Crippen LogP contribution in [0.15, 0.2) is 72.0 Å². The molecular formula is C27H25ClF2N2O2S. The molecule has 4 rings (SSSR count). The van der Waals surface area contributed by atoms with Crippen LogP contribution >= 0.6 is 23.4 Å². The van der Waals surface area contributed by atoms with Gasteiger partial charge < -0.3 is 9.47 Å². The third-order valence-corrected chi connectivity index (χ3v) is 7.29. The molecule has 8 heteroatoms. The first kappa shape index (κ1) is 25.1. The Kier molecular flexibility index (Phi) is 7.38. The van der Waals surface area contributed by atoms with Crippen molar-refractivity contribution < 1.29 is 18.3 Å². The van der Waals surface area contributed by atoms with Crippen molar-refractivity contribution in [1.82, 2.24) is 9.55 Å². The minimum absolute atomic E-state index is 0.318. The van der Waals surface area contributed by atoms with Crippen LogP contribution in [-0.2, 0) is 11.2 Å². The SMILES string of the molecule is COc1ccc(C(C)(C)c2cnc(SCc3ccc(F)cc3Cl)n2-c2ccc(F)cc2)cc1OC. The lowest BCUT2D eigenvalue weighted by Gasteiger charge is -2.28. The number of methoxy groups -OCH3 is 2. The molecule has 35 heavy (non-hydrogen) atoms. The molecule has 1 aromatic heterocycles. The molecule has 0 aliphatic carbocycles. The molecule has 0 radical (unpaired) electrons. The third-order valence-electron chi connectivity index (χ3n) is 5.93. The standard InChI is InChI=1S/C27H25ClF2N2O2S/c1-27(2,18-6-12-23(33-3)24(13-18)34-4)25-15-31-26(32(25)21-10-8-19(29)9-11-21)35-16-17-5-7-20(30)14-22(17)28/h5-15H,16H2,1-4H3. The number of ether oxygens (including phenoxy) is 2. The molecule has 0 saturated heterocycles. The van der Waals surface area contributed by atoms with Gasteiger partial charge in [-0.3, -0.25) is 4.57 Å². The fraction of sp³-hybridized carbons (Fsp3) is 0.222. The van der Waals surface area contributed by atoms with Crippen LogP contribution in [0.3, 0.4) is 0 Å². The number of rotatable bonds is 8. The van der Waals surface area contributed by atoms with Crippen LogP contribution in [0.5, 0.6) is 11.5 Å². The lowest BCUT2D eigenvalue weighted by Crippen LogP contribution is -2.23. The van der Waals surface area contributed by atoms with Gasteiger partial charge in [-0.25, -0.2) is 13.8 Å². The number of nitrogens with zero attached hydrogens (tertiary/aromatic N) is 2. The molecule has 4 nitrogen and oxygen atoms in total. The van der Waals surface area contributed by atoms with Gasteiger partial charge in [0.25, 0.3) is 0 Å². The van der Waals surface area contributed by atoms with E-state index in [1.165, 1.54) is 36.0 Å². The van der Waals surface area contributed by atoms with E-state index in [9.17, 15) is 8.78 Å². The summed E-state index contributed by atoms with van der Waals surface area (Å²) in [5.41, 5.74) is 2.99. The van der Waals surface area contributed by atoms with Crippen molar-refractivity contribution >= 4 is 23.4 Å². The van der Waals surface area contributed by atoms with Gasteiger partial charge in [0.1, 0.15) is 11.6 Å². The monoisotopic (exact) mass is 514 g/mol. The van der Waals surface area contributed by atoms with E-state index in [1.54, 1.807) is 32.4 Å². The molecule has 1 heterocycles. The van der Waals surface area contributed by atoms with Crippen molar-refractivity contribution in [2.75, 3.05) is 14.2 Å². The summed E-state index contributed by atoms with van der Waals surface area (Å²) >= 11 is 7.71. The average molecular weight is 515 g/mol. The maximum atomic E-state index is 13.7. The second-order valence-electron chi connectivity index (χ2n) is 8.46. The maximum absolute atomic E-state index is 13.7. The summed E-state index contributed by atoms with van der Waals surface area (Å²) in [6.07, 6.45) is 1.83. The second-order valence-corrected chi connectivity index (χ2v) is 9.81. The van der Waals surface area contributed by atoms with Gasteiger partial charge in [0, 0.05) is 21.9 Å². The Hall–Kier alpha value is -3.03. The molecule has 0 N–H and O–H groups in total. The molecule has 0 atom stereocenters. The number of thioether (sulfide) groups is 1. The van der Waals surface area contributed by atoms with E-state index in [2.05, 4.69) is 13.8 Å². The number of benzene rings is 3. The largest absolute Gasteiger partial charge is 0.493 e. The zero-order chi connectivity index (χ0) is 25.2. The number of imidazole rings is 1. The van der Waals surface area contributed by atoms with E-state index >= 15 is 0 Å². The molecule has 0 saturated carbocycles. The predicted molar refractivity (Wildman–Crippen MR) is 136 cm³/mol. The Labute approximate surface area is 212 Å². The summed E-state index contributed by atoms with van der Waals surface area (Å²) in [5, 5.41) is 1.07. The van der Waals surface area contributed by atoms with Crippen molar-refractivity contribution in [3.8, 4) is 17.2 Å². The Balaban J connectivity index is 1.78. The Bertz CT molecular complexity index is 1340. The summed E-state index contributed by atoms with van der Waals surface area (Å²) in [4.78, 5) is 4.70. The minimum Gasteiger partial charge on any atom is -0.493 e. The summed E-state index contributed by atoms with van der Waals surface area (Å²) in [5.74, 6) is 1.07. The van der Waals surface area contributed by atoms with Gasteiger partial charge in [0.2, 0.25) is 0 Å². The quantitative estimate of drug-likeness (QED) is 0.229. The molecule has 0 amide bonds. The zero-order valence-electron chi connectivity index (χ0n) is 19.8. The molecule has 0 fully saturated rings. The highest BCUT2D eigenvalue weighted by Gasteiger charge is 2.30. The number of aromatic nitrogens is 2. The summed E-state index contributed by atoms with van der Waals surface area (Å²) in [7, 11) is 3.20. The highest BCUT2D eigenvalue weighted by molar-refractivity contribution is 7.98. The van der Waals surface area contributed by atoms with Gasteiger partial charge in [-0.2, -0.15) is 0 Å². The third kappa shape index (κ3) is 5.16. The number of halogens is 3. The van der Waals surface area contributed by atoms with Gasteiger partial charge in [-0.1, -0.05) is 49.3 Å². The normalized spacial score (nSPS) is 11.5. The van der Waals surface area contributed by atoms with Gasteiger partial charge >= 0.3 is 0 Å². The average Bonchev–Trinajstić information content (AvgIpc) is 3.28. The highest BCUT2D eigenvalue weighted by atomic mass is 35.5. The smallest absolute Gasteiger partial charge is 0.173 e. The summed E-state index contributed by atoms with van der Waals surface area (Å²) < 4.78 is 40.1. The Morgan fingerprint density at radius 1 is 0.914 bits per heavy atom. The first-order chi connectivity index (χ1) is 16.7. The van der Waals surface area contributed by atoms with Crippen LogP contribution < -0.4 is 9.47 Å². The Morgan fingerprint density at radius 3 is 2.26 bits per heavy atom. The zero-order valence-corrected chi connectivity index (χ0v) is 21.4. The highest BCUT2D eigenvalue weighted by Crippen LogP contribution is 2.40. The van der Waals surface area contributed by atoms with Crippen molar-refractivity contribution in [2.24, 2.45) is 0 Å². The molecule has 4 aromatic rings. The second kappa shape index (κ2) is 10.3. The first-order valence-electron chi connectivity index (χ1n) is 10.9. The van der Waals surface area contributed by atoms with Crippen molar-refractivity contribution in [1.29, 1.82) is 0 Å². The lowest BCUT2D eigenvalue weighted by molar-refractivity contribution is 0.353. The minimum atomic E-state index is -0.493. The number of hydrogen-bond acceptors (Lipinski definition) is 4. The van der Waals surface area contributed by atoms with Crippen LogP contribution in [0.1, 0.15) is 30.7 Å². The van der Waals surface area contributed by atoms with Gasteiger partial charge in [0.15, 0.2) is 16.7 Å². The lowest BCUT2D eigenvalue weighted by atomic mass is 9.81. The van der Waals surface area contributed by atoms with E-state index in [0.29, 0.717) is 27.4 Å². The molecule has 0 unspecified atom stereocenters. The van der Waals surface area contributed by atoms with Crippen LogP contribution in [0.4, 0.5) is 8.78 Å². The van der Waals surface area contributed by atoms with Crippen LogP contribution in [0.2, 0.25) is 5.02 Å². The fourth-order valence-electron chi connectivity index (χ4n) is 3.87. The number of hydrogen-bond donors (Lipinski definition) is 0. The summed E-state index contributed by atoms with van der Waals surface area (Å²) in [6.45, 7) is 4.19. The summed E-state index contributed by atoms with van der Waals surface area (Å²) in [6, 6.07) is 16.5. The Morgan fingerprint density at radius 2 is 1.60 bits per heavy atom. The van der Waals surface area contributed by atoms with Crippen molar-refractivity contribution in [3.05, 3.63) is 100 Å². The van der Waals surface area contributed by atoms with Crippen molar-refractivity contribution in [2.45, 2.75) is 30.2 Å².